The van der Waals surface area contributed by atoms with Crippen molar-refractivity contribution in [3.63, 3.8) is 0 Å². The maximum Gasteiger partial charge on any atom is 0.344 e. The Morgan fingerprint density at radius 3 is 1.68 bits per heavy atom. The highest BCUT2D eigenvalue weighted by molar-refractivity contribution is 6.07. The first-order valence-corrected chi connectivity index (χ1v) is 11.5. The van der Waals surface area contributed by atoms with Crippen LogP contribution in [0.15, 0.2) is 109 Å². The van der Waals surface area contributed by atoms with Crippen molar-refractivity contribution in [3.8, 4) is 11.5 Å². The standard InChI is InChI=1S/C30H18O7/c31-26(18-14-13-16-7-1-2-8-17(16)15-18)23(24-27(32)19-9-3-5-11-21(19)36-29(24)34)25-28(33)20-10-4-6-12-22(20)37-30(25)35/h1-15,23,32-33H. The molecule has 37 heavy (non-hydrogen) atoms. The average molecular weight is 490 g/mol. The van der Waals surface area contributed by atoms with E-state index in [4.69, 9.17) is 8.83 Å². The van der Waals surface area contributed by atoms with E-state index in [-0.39, 0.29) is 27.5 Å². The molecule has 0 radical (unpaired) electrons. The van der Waals surface area contributed by atoms with E-state index in [0.29, 0.717) is 0 Å². The van der Waals surface area contributed by atoms with Crippen LogP contribution in [0.1, 0.15) is 27.4 Å². The van der Waals surface area contributed by atoms with Gasteiger partial charge in [-0.05, 0) is 41.1 Å². The van der Waals surface area contributed by atoms with Crippen LogP contribution in [0.3, 0.4) is 0 Å². The van der Waals surface area contributed by atoms with Crippen molar-refractivity contribution < 1.29 is 23.8 Å². The van der Waals surface area contributed by atoms with Crippen LogP contribution in [0.2, 0.25) is 0 Å². The zero-order valence-electron chi connectivity index (χ0n) is 19.2. The Hall–Kier alpha value is -5.17. The molecule has 0 aliphatic carbocycles. The zero-order chi connectivity index (χ0) is 25.7. The van der Waals surface area contributed by atoms with Crippen LogP contribution in [0, 0.1) is 0 Å². The molecule has 6 aromatic rings. The van der Waals surface area contributed by atoms with Gasteiger partial charge in [0.25, 0.3) is 0 Å². The number of benzene rings is 4. The highest BCUT2D eigenvalue weighted by Gasteiger charge is 2.36. The fourth-order valence-corrected chi connectivity index (χ4v) is 4.72. The van der Waals surface area contributed by atoms with Crippen molar-refractivity contribution in [3.05, 3.63) is 129 Å². The number of Topliss-reactive ketones (excluding diaryl/α,β-unsaturated/α-hetero) is 1. The quantitative estimate of drug-likeness (QED) is 0.248. The molecule has 0 saturated heterocycles. The minimum absolute atomic E-state index is 0.112. The number of carbonyl (C=O) groups excluding carboxylic acids is 1. The van der Waals surface area contributed by atoms with E-state index in [1.807, 2.05) is 24.3 Å². The van der Waals surface area contributed by atoms with E-state index in [1.54, 1.807) is 42.5 Å². The summed E-state index contributed by atoms with van der Waals surface area (Å²) in [6.07, 6.45) is 0. The van der Waals surface area contributed by atoms with Crippen molar-refractivity contribution in [2.75, 3.05) is 0 Å². The summed E-state index contributed by atoms with van der Waals surface area (Å²) in [5, 5.41) is 24.4. The summed E-state index contributed by atoms with van der Waals surface area (Å²) in [5.41, 5.74) is -2.56. The number of ketones is 1. The van der Waals surface area contributed by atoms with E-state index < -0.39 is 45.6 Å². The maximum atomic E-state index is 14.1. The van der Waals surface area contributed by atoms with Crippen molar-refractivity contribution in [1.29, 1.82) is 0 Å². The van der Waals surface area contributed by atoms with Crippen molar-refractivity contribution >= 4 is 38.5 Å². The van der Waals surface area contributed by atoms with Gasteiger partial charge in [-0.25, -0.2) is 9.59 Å². The van der Waals surface area contributed by atoms with Crippen LogP contribution in [0.4, 0.5) is 0 Å². The molecule has 0 unspecified atom stereocenters. The highest BCUT2D eigenvalue weighted by Crippen LogP contribution is 2.40. The highest BCUT2D eigenvalue weighted by atomic mass is 16.4. The molecule has 7 heteroatoms. The smallest absolute Gasteiger partial charge is 0.344 e. The lowest BCUT2D eigenvalue weighted by Crippen LogP contribution is -2.26. The second-order valence-corrected chi connectivity index (χ2v) is 8.66. The summed E-state index contributed by atoms with van der Waals surface area (Å²) in [6, 6.07) is 24.9. The third kappa shape index (κ3) is 3.56. The van der Waals surface area contributed by atoms with Gasteiger partial charge in [0.05, 0.1) is 27.8 Å². The molecule has 0 aliphatic rings. The number of aromatic hydroxyl groups is 2. The SMILES string of the molecule is O=C(c1ccc2ccccc2c1)C(c1c(O)c2ccccc2oc1=O)c1c(O)c2ccccc2oc1=O. The van der Waals surface area contributed by atoms with Crippen LogP contribution in [-0.2, 0) is 0 Å². The monoisotopic (exact) mass is 490 g/mol. The summed E-state index contributed by atoms with van der Waals surface area (Å²) in [6.45, 7) is 0. The topological polar surface area (TPSA) is 118 Å². The number of para-hydroxylation sites is 2. The molecular weight excluding hydrogens is 472 g/mol. The molecule has 0 aliphatic heterocycles. The number of carbonyl (C=O) groups is 1. The van der Waals surface area contributed by atoms with E-state index >= 15 is 0 Å². The van der Waals surface area contributed by atoms with E-state index in [2.05, 4.69) is 0 Å². The summed E-state index contributed by atoms with van der Waals surface area (Å²) in [7, 11) is 0. The third-order valence-corrected chi connectivity index (χ3v) is 6.51. The molecule has 0 bridgehead atoms. The van der Waals surface area contributed by atoms with Gasteiger partial charge in [0.15, 0.2) is 5.78 Å². The Balaban J connectivity index is 1.68. The molecule has 0 amide bonds. The van der Waals surface area contributed by atoms with Crippen LogP contribution in [0.25, 0.3) is 32.7 Å². The van der Waals surface area contributed by atoms with E-state index in [0.717, 1.165) is 10.8 Å². The third-order valence-electron chi connectivity index (χ3n) is 6.51. The van der Waals surface area contributed by atoms with Crippen LogP contribution in [-0.4, -0.2) is 16.0 Å². The minimum Gasteiger partial charge on any atom is -0.507 e. The van der Waals surface area contributed by atoms with Gasteiger partial charge in [-0.2, -0.15) is 0 Å². The molecule has 4 aromatic carbocycles. The van der Waals surface area contributed by atoms with Crippen molar-refractivity contribution in [1.82, 2.24) is 0 Å². The summed E-state index contributed by atoms with van der Waals surface area (Å²) in [5.74, 6) is -3.43. The number of fused-ring (bicyclic) bond motifs is 3. The second-order valence-electron chi connectivity index (χ2n) is 8.66. The van der Waals surface area contributed by atoms with E-state index in [9.17, 15) is 24.6 Å². The fourth-order valence-electron chi connectivity index (χ4n) is 4.72. The van der Waals surface area contributed by atoms with E-state index in [1.165, 1.54) is 24.3 Å². The Bertz CT molecular complexity index is 1880. The number of rotatable bonds is 4. The minimum atomic E-state index is -1.71. The van der Waals surface area contributed by atoms with Gasteiger partial charge in [-0.15, -0.1) is 0 Å². The molecule has 7 nitrogen and oxygen atoms in total. The lowest BCUT2D eigenvalue weighted by Gasteiger charge is -2.18. The van der Waals surface area contributed by atoms with Crippen molar-refractivity contribution in [2.45, 2.75) is 5.92 Å². The van der Waals surface area contributed by atoms with Gasteiger partial charge in [0, 0.05) is 5.56 Å². The summed E-state index contributed by atoms with van der Waals surface area (Å²) in [4.78, 5) is 40.5. The first-order chi connectivity index (χ1) is 17.9. The van der Waals surface area contributed by atoms with Gasteiger partial charge in [0.2, 0.25) is 0 Å². The molecule has 0 saturated carbocycles. The number of hydrogen-bond donors (Lipinski definition) is 2. The molecular formula is C30H18O7. The molecule has 2 N–H and O–H groups in total. The van der Waals surface area contributed by atoms with Crippen LogP contribution < -0.4 is 11.3 Å². The molecule has 2 heterocycles. The lowest BCUT2D eigenvalue weighted by atomic mass is 9.84. The Kier molecular flexibility index (Phi) is 5.12. The molecule has 180 valence electrons. The van der Waals surface area contributed by atoms with Gasteiger partial charge in [-0.1, -0.05) is 60.7 Å². The Morgan fingerprint density at radius 1 is 0.622 bits per heavy atom. The van der Waals surface area contributed by atoms with Crippen LogP contribution in [0.5, 0.6) is 11.5 Å². The Morgan fingerprint density at radius 2 is 1.11 bits per heavy atom. The maximum absolute atomic E-state index is 14.1. The molecule has 6 rings (SSSR count). The van der Waals surface area contributed by atoms with Crippen molar-refractivity contribution in [2.24, 2.45) is 0 Å². The van der Waals surface area contributed by atoms with Gasteiger partial charge in [0.1, 0.15) is 22.7 Å². The average Bonchev–Trinajstić information content (AvgIpc) is 2.91. The van der Waals surface area contributed by atoms with Gasteiger partial charge < -0.3 is 19.0 Å². The molecule has 0 atom stereocenters. The lowest BCUT2D eigenvalue weighted by molar-refractivity contribution is 0.0969. The summed E-state index contributed by atoms with van der Waals surface area (Å²) < 4.78 is 10.8. The molecule has 2 aromatic heterocycles. The zero-order valence-corrected chi connectivity index (χ0v) is 19.2. The summed E-state index contributed by atoms with van der Waals surface area (Å²) >= 11 is 0. The first kappa shape index (κ1) is 22.3. The van der Waals surface area contributed by atoms with Gasteiger partial charge in [-0.3, -0.25) is 4.79 Å². The van der Waals surface area contributed by atoms with Gasteiger partial charge >= 0.3 is 11.3 Å². The largest absolute Gasteiger partial charge is 0.507 e. The predicted octanol–water partition coefficient (Wildman–Crippen LogP) is 5.48. The Labute approximate surface area is 208 Å². The molecule has 0 spiro atoms. The normalized spacial score (nSPS) is 11.5. The fraction of sp³-hybridized carbons (Fsp3) is 0.0333. The van der Waals surface area contributed by atoms with Crippen LogP contribution >= 0.6 is 0 Å². The second kappa shape index (κ2) is 8.49. The molecule has 0 fully saturated rings. The predicted molar refractivity (Wildman–Crippen MR) is 138 cm³/mol. The number of hydrogen-bond acceptors (Lipinski definition) is 7. The first-order valence-electron chi connectivity index (χ1n) is 11.5.